The van der Waals surface area contributed by atoms with Crippen LogP contribution in [-0.4, -0.2) is 46.2 Å². The van der Waals surface area contributed by atoms with E-state index < -0.39 is 0 Å². The molecule has 0 bridgehead atoms. The van der Waals surface area contributed by atoms with Gasteiger partial charge in [0.05, 0.1) is 6.10 Å². The van der Waals surface area contributed by atoms with E-state index >= 15 is 0 Å². The number of hydrogen-bond acceptors (Lipinski definition) is 3. The molecule has 1 aliphatic heterocycles. The Hall–Kier alpha value is 0.270. The molecule has 0 aromatic carbocycles. The summed E-state index contributed by atoms with van der Waals surface area (Å²) in [5, 5.41) is 9.87. The fourth-order valence-electron chi connectivity index (χ4n) is 2.04. The molecule has 0 amide bonds. The number of aliphatic hydroxyl groups excluding tert-OH is 1. The predicted molar refractivity (Wildman–Crippen MR) is 63.9 cm³/mol. The average Bonchev–Trinajstić information content (AvgIpc) is 2.44. The maximum absolute atomic E-state index is 9.87. The van der Waals surface area contributed by atoms with Crippen molar-refractivity contribution in [3.63, 3.8) is 0 Å². The average molecular weight is 217 g/mol. The first-order chi connectivity index (χ1) is 6.61. The van der Waals surface area contributed by atoms with Gasteiger partial charge in [0.15, 0.2) is 0 Å². The molecule has 3 heteroatoms. The standard InChI is InChI=1S/C11H23NOS/c1-4-11(3,10(2)13)12-6-5-8-14-9-7-12/h10,13H,4-9H2,1-3H3. The van der Waals surface area contributed by atoms with E-state index in [2.05, 4.69) is 18.7 Å². The molecule has 1 N–H and O–H groups in total. The number of aliphatic hydroxyl groups is 1. The highest BCUT2D eigenvalue weighted by atomic mass is 32.2. The first-order valence-corrected chi connectivity index (χ1v) is 6.77. The third kappa shape index (κ3) is 2.65. The van der Waals surface area contributed by atoms with Crippen molar-refractivity contribution < 1.29 is 5.11 Å². The Kier molecular flexibility index (Phi) is 4.74. The van der Waals surface area contributed by atoms with Crippen molar-refractivity contribution in [3.05, 3.63) is 0 Å². The maximum atomic E-state index is 9.87. The molecule has 0 aromatic rings. The third-order valence-corrected chi connectivity index (χ3v) is 4.61. The van der Waals surface area contributed by atoms with Gasteiger partial charge in [-0.15, -0.1) is 0 Å². The van der Waals surface area contributed by atoms with Crippen molar-refractivity contribution in [3.8, 4) is 0 Å². The largest absolute Gasteiger partial charge is 0.391 e. The number of thioether (sulfide) groups is 1. The molecular formula is C11H23NOS. The van der Waals surface area contributed by atoms with Crippen LogP contribution < -0.4 is 0 Å². The molecule has 1 aliphatic rings. The van der Waals surface area contributed by atoms with E-state index in [1.807, 2.05) is 18.7 Å². The maximum Gasteiger partial charge on any atom is 0.0692 e. The summed E-state index contributed by atoms with van der Waals surface area (Å²) < 4.78 is 0. The van der Waals surface area contributed by atoms with E-state index in [4.69, 9.17) is 0 Å². The Labute approximate surface area is 92.1 Å². The lowest BCUT2D eigenvalue weighted by Crippen LogP contribution is -2.54. The molecule has 0 aromatic heterocycles. The highest BCUT2D eigenvalue weighted by molar-refractivity contribution is 7.99. The molecule has 1 heterocycles. The minimum absolute atomic E-state index is 0.0229. The predicted octanol–water partition coefficient (Wildman–Crippen LogP) is 1.97. The lowest BCUT2D eigenvalue weighted by atomic mass is 9.90. The summed E-state index contributed by atoms with van der Waals surface area (Å²) in [5.74, 6) is 2.48. The summed E-state index contributed by atoms with van der Waals surface area (Å²) in [6.07, 6.45) is 2.04. The lowest BCUT2D eigenvalue weighted by Gasteiger charge is -2.42. The van der Waals surface area contributed by atoms with Gasteiger partial charge in [0.2, 0.25) is 0 Å². The summed E-state index contributed by atoms with van der Waals surface area (Å²) in [4.78, 5) is 2.47. The fraction of sp³-hybridized carbons (Fsp3) is 1.00. The summed E-state index contributed by atoms with van der Waals surface area (Å²) in [5.41, 5.74) is -0.0229. The monoisotopic (exact) mass is 217 g/mol. The molecule has 84 valence electrons. The third-order valence-electron chi connectivity index (χ3n) is 3.56. The van der Waals surface area contributed by atoms with Crippen LogP contribution in [0, 0.1) is 0 Å². The van der Waals surface area contributed by atoms with Crippen molar-refractivity contribution in [1.29, 1.82) is 0 Å². The minimum Gasteiger partial charge on any atom is -0.391 e. The SMILES string of the molecule is CCC(C)(C(C)O)N1CCCSCC1. The second kappa shape index (κ2) is 5.38. The summed E-state index contributed by atoms with van der Waals surface area (Å²) in [7, 11) is 0. The fourth-order valence-corrected chi connectivity index (χ4v) is 2.93. The Morgan fingerprint density at radius 1 is 1.43 bits per heavy atom. The quantitative estimate of drug-likeness (QED) is 0.782. The molecule has 2 unspecified atom stereocenters. The second-order valence-electron chi connectivity index (χ2n) is 4.34. The van der Waals surface area contributed by atoms with Gasteiger partial charge in [-0.25, -0.2) is 0 Å². The zero-order chi connectivity index (χ0) is 10.6. The van der Waals surface area contributed by atoms with Crippen molar-refractivity contribution in [1.82, 2.24) is 4.90 Å². The highest BCUT2D eigenvalue weighted by Gasteiger charge is 2.34. The summed E-state index contributed by atoms with van der Waals surface area (Å²) in [6.45, 7) is 8.54. The van der Waals surface area contributed by atoms with Crippen LogP contribution >= 0.6 is 11.8 Å². The molecule has 2 atom stereocenters. The van der Waals surface area contributed by atoms with Gasteiger partial charge in [0.1, 0.15) is 0 Å². The molecular weight excluding hydrogens is 194 g/mol. The number of hydrogen-bond donors (Lipinski definition) is 1. The van der Waals surface area contributed by atoms with E-state index in [0.717, 1.165) is 19.5 Å². The van der Waals surface area contributed by atoms with Gasteiger partial charge in [-0.05, 0) is 39.0 Å². The van der Waals surface area contributed by atoms with Gasteiger partial charge in [-0.2, -0.15) is 11.8 Å². The van der Waals surface area contributed by atoms with Crippen LogP contribution in [0.5, 0.6) is 0 Å². The summed E-state index contributed by atoms with van der Waals surface area (Å²) >= 11 is 2.03. The first-order valence-electron chi connectivity index (χ1n) is 5.62. The topological polar surface area (TPSA) is 23.5 Å². The van der Waals surface area contributed by atoms with Crippen LogP contribution in [0.2, 0.25) is 0 Å². The summed E-state index contributed by atoms with van der Waals surface area (Å²) in [6, 6.07) is 0. The molecule has 14 heavy (non-hydrogen) atoms. The zero-order valence-electron chi connectivity index (χ0n) is 9.62. The van der Waals surface area contributed by atoms with E-state index in [0.29, 0.717) is 0 Å². The van der Waals surface area contributed by atoms with Crippen LogP contribution in [0.3, 0.4) is 0 Å². The van der Waals surface area contributed by atoms with E-state index in [1.165, 1.54) is 17.9 Å². The van der Waals surface area contributed by atoms with Gasteiger partial charge in [-0.3, -0.25) is 4.90 Å². The molecule has 1 fully saturated rings. The Bertz CT molecular complexity index is 167. The molecule has 2 nitrogen and oxygen atoms in total. The molecule has 0 saturated carbocycles. The van der Waals surface area contributed by atoms with Crippen LogP contribution in [0.15, 0.2) is 0 Å². The normalized spacial score (nSPS) is 26.6. The van der Waals surface area contributed by atoms with E-state index in [1.54, 1.807) is 0 Å². The van der Waals surface area contributed by atoms with Gasteiger partial charge >= 0.3 is 0 Å². The highest BCUT2D eigenvalue weighted by Crippen LogP contribution is 2.26. The van der Waals surface area contributed by atoms with Crippen LogP contribution in [0.1, 0.15) is 33.6 Å². The first kappa shape index (κ1) is 12.3. The lowest BCUT2D eigenvalue weighted by molar-refractivity contribution is -0.0104. The molecule has 1 saturated heterocycles. The second-order valence-corrected chi connectivity index (χ2v) is 5.56. The van der Waals surface area contributed by atoms with Gasteiger partial charge in [0, 0.05) is 17.8 Å². The van der Waals surface area contributed by atoms with Crippen LogP contribution in [0.4, 0.5) is 0 Å². The Balaban J connectivity index is 2.66. The van der Waals surface area contributed by atoms with Crippen LogP contribution in [-0.2, 0) is 0 Å². The zero-order valence-corrected chi connectivity index (χ0v) is 10.4. The van der Waals surface area contributed by atoms with Crippen molar-refractivity contribution in [2.75, 3.05) is 24.6 Å². The molecule has 0 spiro atoms. The van der Waals surface area contributed by atoms with Gasteiger partial charge in [-0.1, -0.05) is 6.92 Å². The van der Waals surface area contributed by atoms with Gasteiger partial charge < -0.3 is 5.11 Å². The number of nitrogens with zero attached hydrogens (tertiary/aromatic N) is 1. The molecule has 0 radical (unpaired) electrons. The number of rotatable bonds is 3. The smallest absolute Gasteiger partial charge is 0.0692 e. The molecule has 0 aliphatic carbocycles. The van der Waals surface area contributed by atoms with Crippen molar-refractivity contribution >= 4 is 11.8 Å². The Morgan fingerprint density at radius 3 is 2.71 bits per heavy atom. The van der Waals surface area contributed by atoms with Crippen molar-refractivity contribution in [2.45, 2.75) is 45.3 Å². The van der Waals surface area contributed by atoms with E-state index in [9.17, 15) is 5.11 Å². The van der Waals surface area contributed by atoms with Crippen LogP contribution in [0.25, 0.3) is 0 Å². The molecule has 1 rings (SSSR count). The van der Waals surface area contributed by atoms with Gasteiger partial charge in [0.25, 0.3) is 0 Å². The minimum atomic E-state index is -0.240. The van der Waals surface area contributed by atoms with Crippen molar-refractivity contribution in [2.24, 2.45) is 0 Å². The van der Waals surface area contributed by atoms with E-state index in [-0.39, 0.29) is 11.6 Å². The Morgan fingerprint density at radius 2 is 2.14 bits per heavy atom.